The zero-order valence-corrected chi connectivity index (χ0v) is 26.6. The average molecular weight is 640 g/mol. The van der Waals surface area contributed by atoms with Gasteiger partial charge in [0.25, 0.3) is 0 Å². The maximum atomic E-state index is 13.2. The molecular formula is C34H32Cl2O4S2. The number of hydrogen-bond acceptors (Lipinski definition) is 6. The van der Waals surface area contributed by atoms with Gasteiger partial charge in [-0.15, -0.1) is 0 Å². The topological polar surface area (TPSA) is 52.6 Å². The van der Waals surface area contributed by atoms with E-state index in [1.807, 2.05) is 48.5 Å². The Balaban J connectivity index is 1.43. The first-order chi connectivity index (χ1) is 20.4. The van der Waals surface area contributed by atoms with E-state index in [-0.39, 0.29) is 22.1 Å². The first-order valence-corrected chi connectivity index (χ1v) is 16.3. The van der Waals surface area contributed by atoms with Crippen LogP contribution in [0.5, 0.6) is 11.5 Å². The number of ether oxygens (including phenoxy) is 2. The molecule has 0 aliphatic heterocycles. The lowest BCUT2D eigenvalue weighted by molar-refractivity contribution is 0.0974. The fraction of sp³-hybridized carbons (Fsp3) is 0.235. The van der Waals surface area contributed by atoms with Gasteiger partial charge in [-0.3, -0.25) is 9.59 Å². The summed E-state index contributed by atoms with van der Waals surface area (Å²) in [7, 11) is 3.21. The molecular weight excluding hydrogens is 607 g/mol. The quantitative estimate of drug-likeness (QED) is 0.0954. The highest BCUT2D eigenvalue weighted by atomic mass is 35.5. The van der Waals surface area contributed by atoms with Crippen LogP contribution < -0.4 is 9.47 Å². The number of ketones is 2. The van der Waals surface area contributed by atoms with Gasteiger partial charge in [0.2, 0.25) is 0 Å². The summed E-state index contributed by atoms with van der Waals surface area (Å²) in [4.78, 5) is 26.4. The molecule has 4 rings (SSSR count). The number of thioether (sulfide) groups is 2. The van der Waals surface area contributed by atoms with Crippen molar-refractivity contribution in [1.29, 1.82) is 0 Å². The van der Waals surface area contributed by atoms with Crippen molar-refractivity contribution in [2.45, 2.75) is 23.3 Å². The third-order valence-corrected chi connectivity index (χ3v) is 10.1. The highest BCUT2D eigenvalue weighted by Crippen LogP contribution is 2.38. The Labute approximate surface area is 266 Å². The Morgan fingerprint density at radius 1 is 0.571 bits per heavy atom. The standard InChI is InChI=1S/C34H32Cl2O4S2/c1-39-29-15-7-23(8-16-29)31(37)21-33(25-3-11-27(35)12-4-25)41-19-20-42-34(26-5-13-28(36)14-6-26)22-32(38)24-9-17-30(40-2)18-10-24/h3-18,33-34H,19-22H2,1-2H3/t33-,34-/m1/s1. The predicted molar refractivity (Wildman–Crippen MR) is 177 cm³/mol. The number of Topliss-reactive ketones (excluding diaryl/α,β-unsaturated/α-hetero) is 2. The maximum absolute atomic E-state index is 13.2. The van der Waals surface area contributed by atoms with Crippen molar-refractivity contribution in [3.63, 3.8) is 0 Å². The fourth-order valence-corrected chi connectivity index (χ4v) is 7.24. The van der Waals surface area contributed by atoms with Crippen molar-refractivity contribution in [1.82, 2.24) is 0 Å². The van der Waals surface area contributed by atoms with Crippen LogP contribution in [0.15, 0.2) is 97.1 Å². The van der Waals surface area contributed by atoms with Crippen LogP contribution in [0.1, 0.15) is 55.2 Å². The summed E-state index contributed by atoms with van der Waals surface area (Å²) in [6.07, 6.45) is 0.722. The molecule has 0 spiro atoms. The van der Waals surface area contributed by atoms with E-state index in [2.05, 4.69) is 0 Å². The van der Waals surface area contributed by atoms with E-state index in [0.29, 0.717) is 45.5 Å². The van der Waals surface area contributed by atoms with Gasteiger partial charge in [-0.1, -0.05) is 47.5 Å². The van der Waals surface area contributed by atoms with E-state index in [0.717, 1.165) is 22.6 Å². The summed E-state index contributed by atoms with van der Waals surface area (Å²) in [5.41, 5.74) is 3.43. The minimum absolute atomic E-state index is 0.0348. The van der Waals surface area contributed by atoms with Crippen molar-refractivity contribution < 1.29 is 19.1 Å². The second kappa shape index (κ2) is 16.1. The van der Waals surface area contributed by atoms with E-state index in [1.54, 1.807) is 86.3 Å². The van der Waals surface area contributed by atoms with Gasteiger partial charge in [-0.25, -0.2) is 0 Å². The molecule has 4 aromatic rings. The summed E-state index contributed by atoms with van der Waals surface area (Å²) in [5, 5.41) is 1.25. The number of hydrogen-bond donors (Lipinski definition) is 0. The van der Waals surface area contributed by atoms with E-state index in [4.69, 9.17) is 32.7 Å². The fourth-order valence-electron chi connectivity index (χ4n) is 4.41. The van der Waals surface area contributed by atoms with Crippen LogP contribution in [0.25, 0.3) is 0 Å². The van der Waals surface area contributed by atoms with Crippen molar-refractivity contribution in [2.24, 2.45) is 0 Å². The zero-order chi connectivity index (χ0) is 29.9. The molecule has 0 aliphatic carbocycles. The Morgan fingerprint density at radius 3 is 1.21 bits per heavy atom. The van der Waals surface area contributed by atoms with Gasteiger partial charge in [-0.2, -0.15) is 23.5 Å². The second-order valence-electron chi connectivity index (χ2n) is 9.53. The molecule has 2 atom stereocenters. The minimum atomic E-state index is -0.0348. The number of methoxy groups -OCH3 is 2. The second-order valence-corrected chi connectivity index (χ2v) is 13.0. The SMILES string of the molecule is COc1ccc(C(=O)C[C@@H](SCCS[C@H](CC(=O)c2ccc(OC)cc2)c2ccc(Cl)cc2)c2ccc(Cl)cc2)cc1. The maximum Gasteiger partial charge on any atom is 0.164 e. The molecule has 0 radical (unpaired) electrons. The van der Waals surface area contributed by atoms with Crippen molar-refractivity contribution in [3.05, 3.63) is 129 Å². The molecule has 4 aromatic carbocycles. The molecule has 4 nitrogen and oxygen atoms in total. The number of rotatable bonds is 15. The van der Waals surface area contributed by atoms with Crippen LogP contribution >= 0.6 is 46.7 Å². The lowest BCUT2D eigenvalue weighted by Crippen LogP contribution is -2.08. The Bertz CT molecular complexity index is 1330. The highest BCUT2D eigenvalue weighted by molar-refractivity contribution is 8.03. The van der Waals surface area contributed by atoms with Gasteiger partial charge in [0.1, 0.15) is 11.5 Å². The normalized spacial score (nSPS) is 12.4. The molecule has 0 bridgehead atoms. The molecule has 0 saturated carbocycles. The van der Waals surface area contributed by atoms with E-state index in [1.165, 1.54) is 0 Å². The summed E-state index contributed by atoms with van der Waals surface area (Å²) in [5.74, 6) is 3.17. The third kappa shape index (κ3) is 9.30. The van der Waals surface area contributed by atoms with Crippen LogP contribution in [0, 0.1) is 0 Å². The molecule has 0 aliphatic rings. The Morgan fingerprint density at radius 2 is 0.905 bits per heavy atom. The van der Waals surface area contributed by atoms with E-state index >= 15 is 0 Å². The molecule has 0 saturated heterocycles. The van der Waals surface area contributed by atoms with Crippen LogP contribution in [0.3, 0.4) is 0 Å². The van der Waals surface area contributed by atoms with E-state index in [9.17, 15) is 9.59 Å². The number of carbonyl (C=O) groups excluding carboxylic acids is 2. The van der Waals surface area contributed by atoms with Gasteiger partial charge < -0.3 is 9.47 Å². The van der Waals surface area contributed by atoms with E-state index < -0.39 is 0 Å². The highest BCUT2D eigenvalue weighted by Gasteiger charge is 2.21. The van der Waals surface area contributed by atoms with Crippen LogP contribution in [0.2, 0.25) is 10.0 Å². The van der Waals surface area contributed by atoms with Crippen molar-refractivity contribution in [2.75, 3.05) is 25.7 Å². The molecule has 218 valence electrons. The third-order valence-electron chi connectivity index (χ3n) is 6.77. The van der Waals surface area contributed by atoms with Crippen LogP contribution in [-0.4, -0.2) is 37.3 Å². The predicted octanol–water partition coefficient (Wildman–Crippen LogP) is 9.81. The molecule has 0 unspecified atom stereocenters. The zero-order valence-electron chi connectivity index (χ0n) is 23.4. The molecule has 0 heterocycles. The minimum Gasteiger partial charge on any atom is -0.497 e. The van der Waals surface area contributed by atoms with Gasteiger partial charge in [0, 0.05) is 56.0 Å². The number of carbonyl (C=O) groups is 2. The molecule has 0 amide bonds. The van der Waals surface area contributed by atoms with Gasteiger partial charge in [0.15, 0.2) is 11.6 Å². The first-order valence-electron chi connectivity index (χ1n) is 13.4. The molecule has 42 heavy (non-hydrogen) atoms. The van der Waals surface area contributed by atoms with Crippen LogP contribution in [-0.2, 0) is 0 Å². The van der Waals surface area contributed by atoms with Gasteiger partial charge in [0.05, 0.1) is 14.2 Å². The molecule has 0 aromatic heterocycles. The smallest absolute Gasteiger partial charge is 0.164 e. The van der Waals surface area contributed by atoms with Crippen LogP contribution in [0.4, 0.5) is 0 Å². The van der Waals surface area contributed by atoms with Gasteiger partial charge >= 0.3 is 0 Å². The average Bonchev–Trinajstić information content (AvgIpc) is 3.02. The number of halogens is 2. The molecule has 0 N–H and O–H groups in total. The Kier molecular flexibility index (Phi) is 12.3. The summed E-state index contributed by atoms with van der Waals surface area (Å²) in [6, 6.07) is 29.8. The largest absolute Gasteiger partial charge is 0.497 e. The Hall–Kier alpha value is -2.90. The summed E-state index contributed by atoms with van der Waals surface area (Å²) >= 11 is 15.8. The molecule has 8 heteroatoms. The number of benzene rings is 4. The first kappa shape index (κ1) is 32.0. The van der Waals surface area contributed by atoms with Crippen molar-refractivity contribution in [3.8, 4) is 11.5 Å². The lowest BCUT2D eigenvalue weighted by Gasteiger charge is -2.19. The summed E-state index contributed by atoms with van der Waals surface area (Å²) < 4.78 is 10.5. The monoisotopic (exact) mass is 638 g/mol. The summed E-state index contributed by atoms with van der Waals surface area (Å²) in [6.45, 7) is 0. The van der Waals surface area contributed by atoms with Gasteiger partial charge in [-0.05, 0) is 83.9 Å². The van der Waals surface area contributed by atoms with Crippen molar-refractivity contribution >= 4 is 58.3 Å². The molecule has 0 fully saturated rings. The lowest BCUT2D eigenvalue weighted by atomic mass is 10.0.